The van der Waals surface area contributed by atoms with Gasteiger partial charge in [0.1, 0.15) is 5.82 Å². The number of nitrogens with zero attached hydrogens (tertiary/aromatic N) is 4. The molecule has 0 unspecified atom stereocenters. The summed E-state index contributed by atoms with van der Waals surface area (Å²) < 4.78 is 1.62. The lowest BCUT2D eigenvalue weighted by molar-refractivity contribution is 0.649. The van der Waals surface area contributed by atoms with E-state index in [1.54, 1.807) is 4.52 Å². The molecule has 3 rings (SSSR count). The summed E-state index contributed by atoms with van der Waals surface area (Å²) in [6.07, 6.45) is 8.75. The highest BCUT2D eigenvalue weighted by atomic mass is 15.3. The van der Waals surface area contributed by atoms with Crippen LogP contribution < -0.4 is 0 Å². The minimum atomic E-state index is 0.814. The zero-order valence-corrected chi connectivity index (χ0v) is 12.3. The van der Waals surface area contributed by atoms with Crippen LogP contribution in [-0.4, -0.2) is 19.6 Å². The van der Waals surface area contributed by atoms with E-state index in [0.29, 0.717) is 0 Å². The number of aryl methyl sites for hydroxylation is 1. The zero-order chi connectivity index (χ0) is 14.5. The summed E-state index contributed by atoms with van der Waals surface area (Å²) in [7, 11) is 0. The summed E-state index contributed by atoms with van der Waals surface area (Å²) in [6, 6.07) is 12.1. The second-order valence-corrected chi connectivity index (χ2v) is 5.22. The van der Waals surface area contributed by atoms with Gasteiger partial charge in [-0.1, -0.05) is 56.5 Å². The van der Waals surface area contributed by atoms with Gasteiger partial charge in [-0.3, -0.25) is 0 Å². The van der Waals surface area contributed by atoms with Crippen molar-refractivity contribution in [3.63, 3.8) is 0 Å². The van der Waals surface area contributed by atoms with Crippen LogP contribution in [0.1, 0.15) is 38.4 Å². The van der Waals surface area contributed by atoms with Gasteiger partial charge in [0.25, 0.3) is 0 Å². The van der Waals surface area contributed by atoms with Crippen LogP contribution in [0.3, 0.4) is 0 Å². The molecule has 2 heterocycles. The molecule has 107 valence electrons. The number of unbranched alkanes of at least 4 members (excludes halogenated alkanes) is 3. The molecule has 4 nitrogen and oxygen atoms in total. The molecule has 0 fully saturated rings. The molecule has 0 spiro atoms. The molecule has 0 bridgehead atoms. The Balaban J connectivity index is 1.79. The molecule has 0 saturated heterocycles. The van der Waals surface area contributed by atoms with E-state index in [0.717, 1.165) is 35.6 Å². The molecular formula is C17H19N4. The largest absolute Gasteiger partial charge is 0.214 e. The summed E-state index contributed by atoms with van der Waals surface area (Å²) in [5.41, 5.74) is 2.81. The van der Waals surface area contributed by atoms with E-state index in [2.05, 4.69) is 28.3 Å². The van der Waals surface area contributed by atoms with Gasteiger partial charge in [0.2, 0.25) is 6.33 Å². The molecule has 0 aliphatic rings. The fourth-order valence-electron chi connectivity index (χ4n) is 2.36. The van der Waals surface area contributed by atoms with E-state index in [1.165, 1.54) is 19.3 Å². The molecule has 3 aromatic rings. The van der Waals surface area contributed by atoms with Crippen LogP contribution in [0, 0.1) is 6.33 Å². The number of rotatable bonds is 6. The Bertz CT molecular complexity index is 703. The van der Waals surface area contributed by atoms with Gasteiger partial charge < -0.3 is 0 Å². The van der Waals surface area contributed by atoms with Crippen LogP contribution in [0.5, 0.6) is 0 Å². The van der Waals surface area contributed by atoms with Crippen molar-refractivity contribution in [1.82, 2.24) is 19.6 Å². The quantitative estimate of drug-likeness (QED) is 0.646. The Labute approximate surface area is 124 Å². The molecule has 0 atom stereocenters. The highest BCUT2D eigenvalue weighted by molar-refractivity contribution is 5.63. The van der Waals surface area contributed by atoms with Crippen LogP contribution in [0.15, 0.2) is 36.4 Å². The second kappa shape index (κ2) is 6.48. The number of hydrogen-bond donors (Lipinski definition) is 0. The molecule has 0 saturated carbocycles. The minimum absolute atomic E-state index is 0.814. The van der Waals surface area contributed by atoms with Crippen LogP contribution in [0.2, 0.25) is 0 Å². The Kier molecular flexibility index (Phi) is 4.24. The predicted octanol–water partition coefficient (Wildman–Crippen LogP) is 3.71. The summed E-state index contributed by atoms with van der Waals surface area (Å²) in [4.78, 5) is 8.85. The van der Waals surface area contributed by atoms with Crippen molar-refractivity contribution in [2.45, 2.75) is 39.0 Å². The SMILES string of the molecule is CCCCCCc1n[c]n2nc(-c3ccccc3)cc2n1. The lowest BCUT2D eigenvalue weighted by Gasteiger charge is -1.99. The molecule has 0 N–H and O–H groups in total. The van der Waals surface area contributed by atoms with Gasteiger partial charge >= 0.3 is 0 Å². The lowest BCUT2D eigenvalue weighted by atomic mass is 10.1. The van der Waals surface area contributed by atoms with Crippen molar-refractivity contribution in [2.24, 2.45) is 0 Å². The highest BCUT2D eigenvalue weighted by Crippen LogP contribution is 2.18. The van der Waals surface area contributed by atoms with Crippen molar-refractivity contribution >= 4 is 5.65 Å². The monoisotopic (exact) mass is 279 g/mol. The smallest absolute Gasteiger partial charge is 0.202 e. The normalized spacial score (nSPS) is 11.1. The average molecular weight is 279 g/mol. The van der Waals surface area contributed by atoms with Gasteiger partial charge in [0, 0.05) is 18.1 Å². The van der Waals surface area contributed by atoms with Crippen molar-refractivity contribution in [3.05, 3.63) is 48.5 Å². The molecular weight excluding hydrogens is 260 g/mol. The third-order valence-electron chi connectivity index (χ3n) is 3.53. The third kappa shape index (κ3) is 3.27. The summed E-state index contributed by atoms with van der Waals surface area (Å²) >= 11 is 0. The van der Waals surface area contributed by atoms with Crippen molar-refractivity contribution in [2.75, 3.05) is 0 Å². The highest BCUT2D eigenvalue weighted by Gasteiger charge is 2.07. The van der Waals surface area contributed by atoms with E-state index in [1.807, 2.05) is 36.4 Å². The Morgan fingerprint density at radius 3 is 2.76 bits per heavy atom. The molecule has 2 aromatic heterocycles. The first kappa shape index (κ1) is 13.7. The van der Waals surface area contributed by atoms with Crippen LogP contribution in [0.25, 0.3) is 16.9 Å². The van der Waals surface area contributed by atoms with Gasteiger partial charge in [-0.15, -0.1) is 0 Å². The first-order chi connectivity index (χ1) is 10.4. The van der Waals surface area contributed by atoms with Gasteiger partial charge in [-0.05, 0) is 6.42 Å². The lowest BCUT2D eigenvalue weighted by Crippen LogP contribution is -2.00. The molecule has 1 aromatic carbocycles. The van der Waals surface area contributed by atoms with Crippen molar-refractivity contribution in [1.29, 1.82) is 0 Å². The van der Waals surface area contributed by atoms with Gasteiger partial charge in [-0.25, -0.2) is 9.97 Å². The second-order valence-electron chi connectivity index (χ2n) is 5.22. The Morgan fingerprint density at radius 1 is 1.10 bits per heavy atom. The van der Waals surface area contributed by atoms with E-state index in [4.69, 9.17) is 0 Å². The Hall–Kier alpha value is -2.23. The first-order valence-corrected chi connectivity index (χ1v) is 7.56. The van der Waals surface area contributed by atoms with Gasteiger partial charge in [-0.2, -0.15) is 9.61 Å². The zero-order valence-electron chi connectivity index (χ0n) is 12.3. The van der Waals surface area contributed by atoms with Crippen molar-refractivity contribution in [3.8, 4) is 11.3 Å². The third-order valence-corrected chi connectivity index (χ3v) is 3.53. The predicted molar refractivity (Wildman–Crippen MR) is 82.9 cm³/mol. The number of hydrogen-bond acceptors (Lipinski definition) is 3. The molecule has 0 amide bonds. The van der Waals surface area contributed by atoms with E-state index in [9.17, 15) is 0 Å². The van der Waals surface area contributed by atoms with Gasteiger partial charge in [0.15, 0.2) is 5.65 Å². The summed E-state index contributed by atoms with van der Waals surface area (Å²) in [5.74, 6) is 0.859. The number of benzene rings is 1. The van der Waals surface area contributed by atoms with Crippen LogP contribution in [0.4, 0.5) is 0 Å². The standard InChI is InChI=1S/C17H19N4/c1-2-3-4-8-11-16-18-13-21-17(19-16)12-15(20-21)14-9-6-5-7-10-14/h5-7,9-10,12H,2-4,8,11H2,1H3. The average Bonchev–Trinajstić information content (AvgIpc) is 2.96. The maximum atomic E-state index is 4.58. The van der Waals surface area contributed by atoms with Crippen molar-refractivity contribution < 1.29 is 0 Å². The van der Waals surface area contributed by atoms with Crippen LogP contribution in [-0.2, 0) is 6.42 Å². The topological polar surface area (TPSA) is 43.1 Å². The van der Waals surface area contributed by atoms with Crippen LogP contribution >= 0.6 is 0 Å². The number of aromatic nitrogens is 4. The molecule has 0 aliphatic carbocycles. The summed E-state index contributed by atoms with van der Waals surface area (Å²) in [5, 5.41) is 4.47. The maximum Gasteiger partial charge on any atom is 0.202 e. The molecule has 4 heteroatoms. The summed E-state index contributed by atoms with van der Waals surface area (Å²) in [6.45, 7) is 2.22. The maximum absolute atomic E-state index is 4.58. The molecule has 21 heavy (non-hydrogen) atoms. The van der Waals surface area contributed by atoms with E-state index >= 15 is 0 Å². The Morgan fingerprint density at radius 2 is 1.95 bits per heavy atom. The fourth-order valence-corrected chi connectivity index (χ4v) is 2.36. The molecule has 1 radical (unpaired) electrons. The first-order valence-electron chi connectivity index (χ1n) is 7.56. The number of fused-ring (bicyclic) bond motifs is 1. The van der Waals surface area contributed by atoms with E-state index in [-0.39, 0.29) is 0 Å². The fraction of sp³-hybridized carbons (Fsp3) is 0.353. The minimum Gasteiger partial charge on any atom is -0.214 e. The van der Waals surface area contributed by atoms with Gasteiger partial charge in [0.05, 0.1) is 5.69 Å². The molecule has 0 aliphatic heterocycles. The van der Waals surface area contributed by atoms with E-state index < -0.39 is 0 Å².